The summed E-state index contributed by atoms with van der Waals surface area (Å²) in [6, 6.07) is 16.5. The summed E-state index contributed by atoms with van der Waals surface area (Å²) < 4.78 is 6.77. The quantitative estimate of drug-likeness (QED) is 0.718. The highest BCUT2D eigenvalue weighted by Crippen LogP contribution is 2.38. The number of fused-ring (bicyclic) bond motifs is 1. The van der Waals surface area contributed by atoms with Crippen molar-refractivity contribution in [3.05, 3.63) is 82.6 Å². The van der Waals surface area contributed by atoms with Gasteiger partial charge in [0.25, 0.3) is 0 Å². The van der Waals surface area contributed by atoms with Crippen molar-refractivity contribution in [3.63, 3.8) is 0 Å². The van der Waals surface area contributed by atoms with E-state index in [1.54, 1.807) is 16.8 Å². The Kier molecular flexibility index (Phi) is 4.18. The molecule has 130 valence electrons. The third kappa shape index (κ3) is 2.74. The van der Waals surface area contributed by atoms with E-state index < -0.39 is 12.0 Å². The van der Waals surface area contributed by atoms with Crippen molar-refractivity contribution in [2.45, 2.75) is 6.04 Å². The third-order valence-corrected chi connectivity index (χ3v) is 4.50. The lowest BCUT2D eigenvalue weighted by atomic mass is 9.93. The zero-order valence-corrected chi connectivity index (χ0v) is 14.6. The minimum Gasteiger partial charge on any atom is -0.466 e. The van der Waals surface area contributed by atoms with Crippen LogP contribution in [0.25, 0.3) is 5.70 Å². The zero-order valence-electron chi connectivity index (χ0n) is 13.9. The Balaban J connectivity index is 1.97. The molecule has 1 aromatic heterocycles. The number of aromatic nitrogens is 3. The molecule has 0 amide bonds. The van der Waals surface area contributed by atoms with E-state index in [0.717, 1.165) is 11.1 Å². The van der Waals surface area contributed by atoms with Crippen molar-refractivity contribution in [2.24, 2.45) is 0 Å². The van der Waals surface area contributed by atoms with Crippen LogP contribution in [0.1, 0.15) is 17.2 Å². The Labute approximate surface area is 155 Å². The van der Waals surface area contributed by atoms with Crippen molar-refractivity contribution in [1.29, 1.82) is 0 Å². The highest BCUT2D eigenvalue weighted by molar-refractivity contribution is 6.30. The first kappa shape index (κ1) is 16.4. The number of nitrogens with one attached hydrogen (secondary N) is 1. The van der Waals surface area contributed by atoms with E-state index >= 15 is 0 Å². The Morgan fingerprint density at radius 3 is 2.58 bits per heavy atom. The van der Waals surface area contributed by atoms with Gasteiger partial charge in [-0.3, -0.25) is 0 Å². The lowest BCUT2D eigenvalue weighted by molar-refractivity contribution is -0.136. The number of esters is 1. The molecule has 0 bridgehead atoms. The Hall–Kier alpha value is -3.12. The van der Waals surface area contributed by atoms with E-state index in [4.69, 9.17) is 16.3 Å². The minimum atomic E-state index is -0.451. The number of anilines is 1. The van der Waals surface area contributed by atoms with Gasteiger partial charge in [0.15, 0.2) is 0 Å². The number of carbonyl (C=O) groups excluding carboxylic acids is 1. The van der Waals surface area contributed by atoms with Crippen LogP contribution < -0.4 is 5.32 Å². The van der Waals surface area contributed by atoms with Crippen LogP contribution in [-0.4, -0.2) is 27.8 Å². The van der Waals surface area contributed by atoms with E-state index in [-0.39, 0.29) is 0 Å². The second-order valence-electron chi connectivity index (χ2n) is 5.75. The average molecular weight is 367 g/mol. The number of hydrogen-bond acceptors (Lipinski definition) is 5. The molecule has 4 rings (SSSR count). The fourth-order valence-electron chi connectivity index (χ4n) is 3.08. The Morgan fingerprint density at radius 1 is 1.15 bits per heavy atom. The van der Waals surface area contributed by atoms with Crippen LogP contribution in [0.3, 0.4) is 0 Å². The molecule has 0 saturated carbocycles. The van der Waals surface area contributed by atoms with Crippen molar-refractivity contribution in [2.75, 3.05) is 12.4 Å². The third-order valence-electron chi connectivity index (χ3n) is 4.25. The van der Waals surface area contributed by atoms with Crippen LogP contribution >= 0.6 is 11.6 Å². The minimum absolute atomic E-state index is 0.433. The number of carbonyl (C=O) groups is 1. The average Bonchev–Trinajstić information content (AvgIpc) is 3.15. The van der Waals surface area contributed by atoms with Gasteiger partial charge in [-0.2, -0.15) is 10.1 Å². The van der Waals surface area contributed by atoms with Crippen LogP contribution in [0.2, 0.25) is 5.02 Å². The smallest absolute Gasteiger partial charge is 0.338 e. The lowest BCUT2D eigenvalue weighted by Crippen LogP contribution is -2.29. The molecule has 0 radical (unpaired) electrons. The van der Waals surface area contributed by atoms with Gasteiger partial charge >= 0.3 is 5.97 Å². The molecule has 1 aliphatic rings. The summed E-state index contributed by atoms with van der Waals surface area (Å²) in [4.78, 5) is 17.0. The van der Waals surface area contributed by atoms with Crippen LogP contribution in [0.15, 0.2) is 66.5 Å². The molecule has 7 heteroatoms. The molecule has 1 atom stereocenters. The molecule has 6 nitrogen and oxygen atoms in total. The number of halogens is 1. The summed E-state index contributed by atoms with van der Waals surface area (Å²) in [5.41, 5.74) is 2.81. The van der Waals surface area contributed by atoms with Gasteiger partial charge in [0.2, 0.25) is 5.95 Å². The molecule has 26 heavy (non-hydrogen) atoms. The first-order valence-electron chi connectivity index (χ1n) is 7.99. The number of ether oxygens (including phenoxy) is 1. The predicted octanol–water partition coefficient (Wildman–Crippen LogP) is 3.53. The van der Waals surface area contributed by atoms with Gasteiger partial charge in [0.1, 0.15) is 12.4 Å². The van der Waals surface area contributed by atoms with Gasteiger partial charge in [0, 0.05) is 5.02 Å². The van der Waals surface area contributed by atoms with Crippen LogP contribution in [-0.2, 0) is 9.53 Å². The number of methoxy groups -OCH3 is 1. The van der Waals surface area contributed by atoms with E-state index in [0.29, 0.717) is 22.2 Å². The molecule has 0 fully saturated rings. The van der Waals surface area contributed by atoms with Crippen molar-refractivity contribution >= 4 is 29.2 Å². The fraction of sp³-hybridized carbons (Fsp3) is 0.105. The van der Waals surface area contributed by atoms with E-state index in [9.17, 15) is 4.79 Å². The molecule has 3 aromatic rings. The van der Waals surface area contributed by atoms with Crippen molar-refractivity contribution in [3.8, 4) is 0 Å². The lowest BCUT2D eigenvalue weighted by Gasteiger charge is -2.29. The van der Waals surface area contributed by atoms with Crippen molar-refractivity contribution in [1.82, 2.24) is 14.8 Å². The molecule has 2 aromatic carbocycles. The summed E-state index contributed by atoms with van der Waals surface area (Å²) >= 11 is 6.01. The maximum absolute atomic E-state index is 12.7. The molecule has 0 spiro atoms. The predicted molar refractivity (Wildman–Crippen MR) is 98.6 cm³/mol. The molecule has 1 N–H and O–H groups in total. The van der Waals surface area contributed by atoms with E-state index in [1.165, 1.54) is 13.4 Å². The maximum atomic E-state index is 12.7. The normalized spacial score (nSPS) is 16.0. The molecule has 1 aliphatic heterocycles. The Morgan fingerprint density at radius 2 is 1.88 bits per heavy atom. The number of nitrogens with zero attached hydrogens (tertiary/aromatic N) is 3. The first-order valence-corrected chi connectivity index (χ1v) is 8.36. The maximum Gasteiger partial charge on any atom is 0.338 e. The highest BCUT2D eigenvalue weighted by atomic mass is 35.5. The molecule has 2 heterocycles. The monoisotopic (exact) mass is 366 g/mol. The molecule has 0 aliphatic carbocycles. The standard InChI is InChI=1S/C19H15ClN4O2/c1-26-18(25)15-16(12-7-9-14(20)10-8-12)23-19-21-11-22-24(19)17(15)13-5-3-2-4-6-13/h2-11,17H,1H3,(H,21,22,23)/t17-/m1/s1. The summed E-state index contributed by atoms with van der Waals surface area (Å²) in [6.07, 6.45) is 1.46. The summed E-state index contributed by atoms with van der Waals surface area (Å²) in [7, 11) is 1.37. The topological polar surface area (TPSA) is 69.0 Å². The van der Waals surface area contributed by atoms with Crippen LogP contribution in [0.5, 0.6) is 0 Å². The van der Waals surface area contributed by atoms with E-state index in [2.05, 4.69) is 15.4 Å². The van der Waals surface area contributed by atoms with Gasteiger partial charge in [-0.1, -0.05) is 54.1 Å². The largest absolute Gasteiger partial charge is 0.466 e. The number of hydrogen-bond donors (Lipinski definition) is 1. The van der Waals surface area contributed by atoms with E-state index in [1.807, 2.05) is 42.5 Å². The van der Waals surface area contributed by atoms with Gasteiger partial charge in [-0.05, 0) is 23.3 Å². The molecular formula is C19H15ClN4O2. The molecule has 0 unspecified atom stereocenters. The van der Waals surface area contributed by atoms with Gasteiger partial charge in [0.05, 0.1) is 18.4 Å². The zero-order chi connectivity index (χ0) is 18.1. The first-order chi connectivity index (χ1) is 12.7. The second-order valence-corrected chi connectivity index (χ2v) is 6.19. The van der Waals surface area contributed by atoms with Crippen LogP contribution in [0, 0.1) is 0 Å². The van der Waals surface area contributed by atoms with Gasteiger partial charge in [-0.15, -0.1) is 0 Å². The Bertz CT molecular complexity index is 980. The SMILES string of the molecule is COC(=O)C1=C(c2ccc(Cl)cc2)Nc2ncnn2[C@@H]1c1ccccc1. The number of rotatable bonds is 3. The fourth-order valence-corrected chi connectivity index (χ4v) is 3.20. The van der Waals surface area contributed by atoms with Crippen molar-refractivity contribution < 1.29 is 9.53 Å². The second kappa shape index (κ2) is 6.65. The highest BCUT2D eigenvalue weighted by Gasteiger charge is 2.35. The summed E-state index contributed by atoms with van der Waals surface area (Å²) in [5, 5.41) is 8.12. The number of benzene rings is 2. The van der Waals surface area contributed by atoms with Crippen LogP contribution in [0.4, 0.5) is 5.95 Å². The molecular weight excluding hydrogens is 352 g/mol. The molecule has 0 saturated heterocycles. The van der Waals surface area contributed by atoms with Gasteiger partial charge in [-0.25, -0.2) is 9.48 Å². The van der Waals surface area contributed by atoms with Gasteiger partial charge < -0.3 is 10.1 Å². The summed E-state index contributed by atoms with van der Waals surface area (Å²) in [5.74, 6) is 0.119. The summed E-state index contributed by atoms with van der Waals surface area (Å²) in [6.45, 7) is 0.